The number of rotatable bonds is 3. The second kappa shape index (κ2) is 6.09. The summed E-state index contributed by atoms with van der Waals surface area (Å²) in [5.41, 5.74) is 12.3. The zero-order valence-corrected chi connectivity index (χ0v) is 14.2. The third-order valence-corrected chi connectivity index (χ3v) is 4.60. The van der Waals surface area contributed by atoms with Crippen LogP contribution in [0.2, 0.25) is 0 Å². The van der Waals surface area contributed by atoms with Gasteiger partial charge in [0, 0.05) is 16.7 Å². The van der Waals surface area contributed by atoms with Gasteiger partial charge in [0.1, 0.15) is 0 Å². The fourth-order valence-electron chi connectivity index (χ4n) is 3.41. The van der Waals surface area contributed by atoms with Crippen molar-refractivity contribution in [1.29, 1.82) is 0 Å². The van der Waals surface area contributed by atoms with Gasteiger partial charge in [0.15, 0.2) is 11.5 Å². The molecule has 3 aromatic rings. The lowest BCUT2D eigenvalue weighted by molar-refractivity contribution is 0.355. The Hall–Kier alpha value is -3.08. The molecule has 25 heavy (non-hydrogen) atoms. The number of nitrogens with zero attached hydrogens (tertiary/aromatic N) is 2. The van der Waals surface area contributed by atoms with E-state index in [0.717, 1.165) is 40.9 Å². The molecule has 2 aromatic carbocycles. The molecule has 0 radical (unpaired) electrons. The Morgan fingerprint density at radius 1 is 0.880 bits per heavy atom. The Kier molecular flexibility index (Phi) is 3.76. The first-order valence-corrected chi connectivity index (χ1v) is 8.18. The molecule has 126 valence electrons. The monoisotopic (exact) mass is 333 g/mol. The van der Waals surface area contributed by atoms with E-state index >= 15 is 0 Å². The third kappa shape index (κ3) is 2.58. The third-order valence-electron chi connectivity index (χ3n) is 4.60. The molecule has 5 heteroatoms. The summed E-state index contributed by atoms with van der Waals surface area (Å²) in [5.74, 6) is 1.63. The quantitative estimate of drug-likeness (QED) is 0.794. The van der Waals surface area contributed by atoms with E-state index in [9.17, 15) is 0 Å². The highest BCUT2D eigenvalue weighted by atomic mass is 16.5. The minimum Gasteiger partial charge on any atom is -0.493 e. The first-order valence-electron chi connectivity index (χ1n) is 8.18. The fraction of sp³-hybridized carbons (Fsp3) is 0.200. The summed E-state index contributed by atoms with van der Waals surface area (Å²) in [6.45, 7) is 0. The predicted octanol–water partition coefficient (Wildman–Crippen LogP) is 3.51. The normalized spacial score (nSPS) is 12.2. The van der Waals surface area contributed by atoms with Crippen LogP contribution in [0.3, 0.4) is 0 Å². The van der Waals surface area contributed by atoms with Gasteiger partial charge in [0.25, 0.3) is 0 Å². The molecule has 0 atom stereocenters. The van der Waals surface area contributed by atoms with Crippen molar-refractivity contribution in [3.63, 3.8) is 0 Å². The number of aryl methyl sites for hydroxylation is 1. The van der Waals surface area contributed by atoms with E-state index in [-0.39, 0.29) is 5.95 Å². The van der Waals surface area contributed by atoms with Crippen LogP contribution in [0.15, 0.2) is 42.5 Å². The molecule has 0 fully saturated rings. The van der Waals surface area contributed by atoms with E-state index in [4.69, 9.17) is 15.2 Å². The van der Waals surface area contributed by atoms with Gasteiger partial charge in [-0.3, -0.25) is 0 Å². The zero-order chi connectivity index (χ0) is 17.4. The summed E-state index contributed by atoms with van der Waals surface area (Å²) < 4.78 is 10.8. The molecule has 0 spiro atoms. The van der Waals surface area contributed by atoms with Crippen LogP contribution in [0.5, 0.6) is 11.5 Å². The van der Waals surface area contributed by atoms with Crippen molar-refractivity contribution in [1.82, 2.24) is 9.97 Å². The molecule has 0 saturated heterocycles. The highest BCUT2D eigenvalue weighted by molar-refractivity contribution is 5.79. The van der Waals surface area contributed by atoms with E-state index in [1.165, 1.54) is 5.56 Å². The highest BCUT2D eigenvalue weighted by Gasteiger charge is 2.23. The Balaban J connectivity index is 1.92. The number of benzene rings is 2. The average molecular weight is 333 g/mol. The average Bonchev–Trinajstić information content (AvgIpc) is 2.66. The van der Waals surface area contributed by atoms with E-state index in [1.807, 2.05) is 24.3 Å². The Bertz CT molecular complexity index is 954. The predicted molar refractivity (Wildman–Crippen MR) is 97.8 cm³/mol. The Morgan fingerprint density at radius 2 is 1.64 bits per heavy atom. The molecule has 0 unspecified atom stereocenters. The van der Waals surface area contributed by atoms with Gasteiger partial charge in [-0.2, -0.15) is 0 Å². The molecule has 1 aliphatic rings. The highest BCUT2D eigenvalue weighted by Crippen LogP contribution is 2.39. The van der Waals surface area contributed by atoms with Crippen LogP contribution in [0.25, 0.3) is 22.5 Å². The van der Waals surface area contributed by atoms with E-state index in [2.05, 4.69) is 28.2 Å². The molecule has 0 saturated carbocycles. The number of hydrogen-bond acceptors (Lipinski definition) is 5. The number of aromatic nitrogens is 2. The molecule has 1 heterocycles. The summed E-state index contributed by atoms with van der Waals surface area (Å²) in [5, 5.41) is 0. The molecule has 4 rings (SSSR count). The van der Waals surface area contributed by atoms with Crippen molar-refractivity contribution in [2.24, 2.45) is 0 Å². The van der Waals surface area contributed by atoms with Crippen molar-refractivity contribution in [2.75, 3.05) is 20.0 Å². The standard InChI is InChI=1S/C20H19N3O2/c1-24-16-10-8-13(11-17(16)25-2)18-15-9-7-12-5-3-4-6-14(12)19(15)23-20(21)22-18/h3-6,8,10-11H,7,9H2,1-2H3,(H2,21,22,23). The number of nitrogen functional groups attached to an aromatic ring is 1. The van der Waals surface area contributed by atoms with Crippen LogP contribution < -0.4 is 15.2 Å². The Labute approximate surface area is 146 Å². The van der Waals surface area contributed by atoms with Gasteiger partial charge in [-0.25, -0.2) is 9.97 Å². The number of hydrogen-bond donors (Lipinski definition) is 1. The van der Waals surface area contributed by atoms with E-state index in [0.29, 0.717) is 11.5 Å². The summed E-state index contributed by atoms with van der Waals surface area (Å²) in [6.07, 6.45) is 1.85. The van der Waals surface area contributed by atoms with Crippen LogP contribution in [0.1, 0.15) is 11.1 Å². The molecule has 1 aliphatic carbocycles. The number of anilines is 1. The largest absolute Gasteiger partial charge is 0.493 e. The molecule has 0 amide bonds. The molecule has 5 nitrogen and oxygen atoms in total. The Morgan fingerprint density at radius 3 is 2.44 bits per heavy atom. The molecule has 2 N–H and O–H groups in total. The summed E-state index contributed by atoms with van der Waals surface area (Å²) >= 11 is 0. The molecule has 0 aliphatic heterocycles. The first kappa shape index (κ1) is 15.4. The smallest absolute Gasteiger partial charge is 0.221 e. The fourth-order valence-corrected chi connectivity index (χ4v) is 3.41. The van der Waals surface area contributed by atoms with Crippen LogP contribution in [-0.2, 0) is 12.8 Å². The van der Waals surface area contributed by atoms with Gasteiger partial charge < -0.3 is 15.2 Å². The zero-order valence-electron chi connectivity index (χ0n) is 14.2. The van der Waals surface area contributed by atoms with Crippen molar-refractivity contribution >= 4 is 5.95 Å². The minimum absolute atomic E-state index is 0.278. The number of ether oxygens (including phenoxy) is 2. The second-order valence-electron chi connectivity index (χ2n) is 5.98. The maximum Gasteiger partial charge on any atom is 0.221 e. The van der Waals surface area contributed by atoms with Crippen molar-refractivity contribution < 1.29 is 9.47 Å². The number of fused-ring (bicyclic) bond motifs is 3. The van der Waals surface area contributed by atoms with E-state index < -0.39 is 0 Å². The van der Waals surface area contributed by atoms with Gasteiger partial charge >= 0.3 is 0 Å². The molecular formula is C20H19N3O2. The first-order chi connectivity index (χ1) is 12.2. The maximum absolute atomic E-state index is 6.03. The SMILES string of the molecule is COc1ccc(-c2nc(N)nc3c2CCc2ccccc2-3)cc1OC. The lowest BCUT2D eigenvalue weighted by atomic mass is 9.87. The summed E-state index contributed by atoms with van der Waals surface area (Å²) in [7, 11) is 3.25. The van der Waals surface area contributed by atoms with Gasteiger partial charge in [-0.05, 0) is 36.6 Å². The summed E-state index contributed by atoms with van der Waals surface area (Å²) in [6, 6.07) is 14.1. The lowest BCUT2D eigenvalue weighted by Gasteiger charge is -2.21. The topological polar surface area (TPSA) is 70.3 Å². The molecule has 0 bridgehead atoms. The molecule has 1 aromatic heterocycles. The second-order valence-corrected chi connectivity index (χ2v) is 5.98. The minimum atomic E-state index is 0.278. The van der Waals surface area contributed by atoms with E-state index in [1.54, 1.807) is 14.2 Å². The number of nitrogens with two attached hydrogens (primary N) is 1. The van der Waals surface area contributed by atoms with Crippen LogP contribution in [0.4, 0.5) is 5.95 Å². The van der Waals surface area contributed by atoms with Gasteiger partial charge in [-0.15, -0.1) is 0 Å². The van der Waals surface area contributed by atoms with Crippen molar-refractivity contribution in [3.05, 3.63) is 53.6 Å². The van der Waals surface area contributed by atoms with Crippen LogP contribution in [-0.4, -0.2) is 24.2 Å². The lowest BCUT2D eigenvalue weighted by Crippen LogP contribution is -2.11. The van der Waals surface area contributed by atoms with Crippen molar-refractivity contribution in [3.8, 4) is 34.0 Å². The van der Waals surface area contributed by atoms with Crippen LogP contribution >= 0.6 is 0 Å². The van der Waals surface area contributed by atoms with Crippen molar-refractivity contribution in [2.45, 2.75) is 12.8 Å². The number of methoxy groups -OCH3 is 2. The van der Waals surface area contributed by atoms with Crippen LogP contribution in [0, 0.1) is 0 Å². The van der Waals surface area contributed by atoms with Gasteiger partial charge in [-0.1, -0.05) is 24.3 Å². The van der Waals surface area contributed by atoms with Gasteiger partial charge in [0.05, 0.1) is 25.6 Å². The maximum atomic E-state index is 6.03. The summed E-state index contributed by atoms with van der Waals surface area (Å²) in [4.78, 5) is 9.06. The van der Waals surface area contributed by atoms with Gasteiger partial charge in [0.2, 0.25) is 5.95 Å². The molecular weight excluding hydrogens is 314 g/mol.